The van der Waals surface area contributed by atoms with Crippen LogP contribution < -0.4 is 19.7 Å². The maximum atomic E-state index is 13.3. The van der Waals surface area contributed by atoms with Crippen molar-refractivity contribution in [3.05, 3.63) is 106 Å². The highest BCUT2D eigenvalue weighted by atomic mass is 35.5. The number of rotatable bonds is 7. The summed E-state index contributed by atoms with van der Waals surface area (Å²) in [5.74, 6) is -0.812. The first-order chi connectivity index (χ1) is 18.9. The van der Waals surface area contributed by atoms with E-state index in [0.717, 1.165) is 26.8 Å². The van der Waals surface area contributed by atoms with Gasteiger partial charge in [0.2, 0.25) is 0 Å². The lowest BCUT2D eigenvalue weighted by molar-refractivity contribution is -0.122. The second-order valence-electron chi connectivity index (χ2n) is 8.98. The Balaban J connectivity index is 1.46. The van der Waals surface area contributed by atoms with Crippen molar-refractivity contribution in [2.75, 3.05) is 11.5 Å². The zero-order valence-corrected chi connectivity index (χ0v) is 22.1. The van der Waals surface area contributed by atoms with Crippen LogP contribution in [0.3, 0.4) is 0 Å². The summed E-state index contributed by atoms with van der Waals surface area (Å²) in [5.41, 5.74) is 2.54. The van der Waals surface area contributed by atoms with E-state index in [4.69, 9.17) is 21.1 Å². The predicted molar refractivity (Wildman–Crippen MR) is 151 cm³/mol. The minimum atomic E-state index is -0.809. The number of fused-ring (bicyclic) bond motifs is 1. The molecule has 8 heteroatoms. The van der Waals surface area contributed by atoms with Crippen LogP contribution in [0.15, 0.2) is 84.4 Å². The number of carbonyl (C=O) groups excluding carboxylic acids is 3. The Hall–Kier alpha value is -4.62. The normalized spacial score (nSPS) is 14.6. The van der Waals surface area contributed by atoms with Crippen molar-refractivity contribution in [3.63, 3.8) is 0 Å². The van der Waals surface area contributed by atoms with Crippen molar-refractivity contribution in [1.82, 2.24) is 5.32 Å². The number of nitrogens with zero attached hydrogens (tertiary/aromatic N) is 1. The number of imide groups is 2. The molecule has 7 nitrogen and oxygen atoms in total. The molecular formula is C31H25ClN2O5. The Kier molecular flexibility index (Phi) is 7.34. The maximum absolute atomic E-state index is 13.3. The molecule has 1 aliphatic heterocycles. The number of ether oxygens (including phenoxy) is 2. The number of urea groups is 1. The lowest BCUT2D eigenvalue weighted by atomic mass is 10.1. The average molecular weight is 541 g/mol. The van der Waals surface area contributed by atoms with E-state index in [2.05, 4.69) is 5.32 Å². The summed E-state index contributed by atoms with van der Waals surface area (Å²) >= 11 is 6.62. The molecule has 0 unspecified atom stereocenters. The van der Waals surface area contributed by atoms with Gasteiger partial charge in [-0.05, 0) is 66.1 Å². The smallest absolute Gasteiger partial charge is 0.335 e. The van der Waals surface area contributed by atoms with Gasteiger partial charge in [-0.2, -0.15) is 0 Å². The molecule has 4 aromatic rings. The molecule has 0 radical (unpaired) electrons. The van der Waals surface area contributed by atoms with Crippen molar-refractivity contribution in [2.45, 2.75) is 20.5 Å². The highest BCUT2D eigenvalue weighted by Crippen LogP contribution is 2.38. The minimum Gasteiger partial charge on any atom is -0.490 e. The number of carbonyl (C=O) groups is 3. The Morgan fingerprint density at radius 1 is 0.923 bits per heavy atom. The summed E-state index contributed by atoms with van der Waals surface area (Å²) in [4.78, 5) is 39.3. The van der Waals surface area contributed by atoms with E-state index in [1.807, 2.05) is 56.3 Å². The molecule has 0 saturated carbocycles. The van der Waals surface area contributed by atoms with Gasteiger partial charge in [-0.15, -0.1) is 0 Å². The van der Waals surface area contributed by atoms with Crippen molar-refractivity contribution in [1.29, 1.82) is 0 Å². The van der Waals surface area contributed by atoms with Crippen molar-refractivity contribution in [3.8, 4) is 11.5 Å². The molecule has 1 heterocycles. The fourth-order valence-corrected chi connectivity index (χ4v) is 4.67. The summed E-state index contributed by atoms with van der Waals surface area (Å²) in [6.07, 6.45) is 1.38. The first-order valence-electron chi connectivity index (χ1n) is 12.4. The van der Waals surface area contributed by atoms with Gasteiger partial charge in [-0.1, -0.05) is 71.8 Å². The van der Waals surface area contributed by atoms with E-state index in [1.165, 1.54) is 6.08 Å². The largest absolute Gasteiger partial charge is 0.490 e. The van der Waals surface area contributed by atoms with E-state index >= 15 is 0 Å². The molecule has 1 aliphatic rings. The van der Waals surface area contributed by atoms with Gasteiger partial charge in [0.1, 0.15) is 12.2 Å². The van der Waals surface area contributed by atoms with Crippen LogP contribution in [0.25, 0.3) is 16.8 Å². The fourth-order valence-electron chi connectivity index (χ4n) is 4.40. The molecule has 1 saturated heterocycles. The average Bonchev–Trinajstić information content (AvgIpc) is 2.92. The second-order valence-corrected chi connectivity index (χ2v) is 9.39. The third-order valence-corrected chi connectivity index (χ3v) is 6.57. The van der Waals surface area contributed by atoms with Crippen molar-refractivity contribution >= 4 is 52.0 Å². The monoisotopic (exact) mass is 540 g/mol. The van der Waals surface area contributed by atoms with E-state index in [-0.39, 0.29) is 17.2 Å². The summed E-state index contributed by atoms with van der Waals surface area (Å²) in [6.45, 7) is 4.33. The predicted octanol–water partition coefficient (Wildman–Crippen LogP) is 6.45. The summed E-state index contributed by atoms with van der Waals surface area (Å²) in [5, 5.41) is 4.66. The second kappa shape index (κ2) is 11.0. The Morgan fingerprint density at radius 3 is 2.44 bits per heavy atom. The zero-order chi connectivity index (χ0) is 27.5. The third-order valence-electron chi connectivity index (χ3n) is 6.29. The van der Waals surface area contributed by atoms with Gasteiger partial charge in [0.15, 0.2) is 11.5 Å². The van der Waals surface area contributed by atoms with Crippen LogP contribution in [-0.2, 0) is 16.2 Å². The highest BCUT2D eigenvalue weighted by Gasteiger charge is 2.36. The first kappa shape index (κ1) is 26.0. The Bertz CT molecular complexity index is 1620. The lowest BCUT2D eigenvalue weighted by Crippen LogP contribution is -2.54. The summed E-state index contributed by atoms with van der Waals surface area (Å²) in [6, 6.07) is 23.3. The first-order valence-corrected chi connectivity index (χ1v) is 12.8. The van der Waals surface area contributed by atoms with E-state index in [1.54, 1.807) is 36.4 Å². The molecule has 5 rings (SSSR count). The molecule has 0 aliphatic carbocycles. The molecule has 0 aromatic heterocycles. The zero-order valence-electron chi connectivity index (χ0n) is 21.4. The number of aryl methyl sites for hydroxylation is 1. The number of halogens is 1. The third kappa shape index (κ3) is 5.35. The van der Waals surface area contributed by atoms with Gasteiger partial charge in [-0.3, -0.25) is 14.9 Å². The lowest BCUT2D eigenvalue weighted by Gasteiger charge is -2.26. The van der Waals surface area contributed by atoms with E-state index in [9.17, 15) is 14.4 Å². The number of amides is 4. The molecule has 1 fully saturated rings. The number of barbiturate groups is 1. The van der Waals surface area contributed by atoms with Crippen LogP contribution >= 0.6 is 11.6 Å². The molecule has 0 bridgehead atoms. The van der Waals surface area contributed by atoms with Crippen LogP contribution in [-0.4, -0.2) is 24.5 Å². The standard InChI is InChI=1S/C31H25ClN2O5/c1-3-38-27-17-20(15-25-29(35)33-31(37)34(30(25)36)23-13-11-19(2)12-14-23)16-26(32)28(27)39-18-22-9-6-8-21-7-4-5-10-24(21)22/h4-17H,3,18H2,1-2H3,(H,33,35,37)/b25-15+. The number of hydrogen-bond donors (Lipinski definition) is 1. The highest BCUT2D eigenvalue weighted by molar-refractivity contribution is 6.39. The maximum Gasteiger partial charge on any atom is 0.335 e. The Morgan fingerprint density at radius 2 is 1.67 bits per heavy atom. The van der Waals surface area contributed by atoms with Gasteiger partial charge in [0.05, 0.1) is 17.3 Å². The number of hydrogen-bond acceptors (Lipinski definition) is 5. The molecule has 1 N–H and O–H groups in total. The number of nitrogens with one attached hydrogen (secondary N) is 1. The van der Waals surface area contributed by atoms with Gasteiger partial charge >= 0.3 is 6.03 Å². The topological polar surface area (TPSA) is 84.9 Å². The van der Waals surface area contributed by atoms with E-state index < -0.39 is 17.8 Å². The Labute approximate surface area is 230 Å². The molecule has 0 spiro atoms. The van der Waals surface area contributed by atoms with Gasteiger partial charge < -0.3 is 9.47 Å². The number of anilines is 1. The molecule has 4 aromatic carbocycles. The molecule has 4 amide bonds. The summed E-state index contributed by atoms with van der Waals surface area (Å²) in [7, 11) is 0. The van der Waals surface area contributed by atoms with Crippen LogP contribution in [0, 0.1) is 6.92 Å². The van der Waals surface area contributed by atoms with Gasteiger partial charge in [0, 0.05) is 0 Å². The van der Waals surface area contributed by atoms with Crippen LogP contribution in [0.4, 0.5) is 10.5 Å². The molecule has 0 atom stereocenters. The van der Waals surface area contributed by atoms with Crippen LogP contribution in [0.5, 0.6) is 11.5 Å². The minimum absolute atomic E-state index is 0.210. The van der Waals surface area contributed by atoms with Gasteiger partial charge in [0.25, 0.3) is 11.8 Å². The molecular weight excluding hydrogens is 516 g/mol. The summed E-state index contributed by atoms with van der Waals surface area (Å²) < 4.78 is 11.9. The van der Waals surface area contributed by atoms with Crippen molar-refractivity contribution < 1.29 is 23.9 Å². The van der Waals surface area contributed by atoms with Gasteiger partial charge in [-0.25, -0.2) is 9.69 Å². The quantitative estimate of drug-likeness (QED) is 0.215. The van der Waals surface area contributed by atoms with Crippen LogP contribution in [0.1, 0.15) is 23.6 Å². The van der Waals surface area contributed by atoms with E-state index in [0.29, 0.717) is 29.4 Å². The van der Waals surface area contributed by atoms with Crippen molar-refractivity contribution in [2.24, 2.45) is 0 Å². The number of benzene rings is 4. The van der Waals surface area contributed by atoms with Crippen LogP contribution in [0.2, 0.25) is 5.02 Å². The molecule has 196 valence electrons. The molecule has 39 heavy (non-hydrogen) atoms. The SMILES string of the molecule is CCOc1cc(/C=C2\C(=O)NC(=O)N(c3ccc(C)cc3)C2=O)cc(Cl)c1OCc1cccc2ccccc12. The fraction of sp³-hybridized carbons (Fsp3) is 0.129.